The first kappa shape index (κ1) is 20.6. The molecule has 8 nitrogen and oxygen atoms in total. The molecular formula is C14H17BrF2N6O2S. The quantitative estimate of drug-likeness (QED) is 0.151. The summed E-state index contributed by atoms with van der Waals surface area (Å²) in [4.78, 5) is 4.16. The van der Waals surface area contributed by atoms with E-state index in [4.69, 9.17) is 0 Å². The highest BCUT2D eigenvalue weighted by molar-refractivity contribution is 9.10. The number of nitrogens with one attached hydrogen (secondary N) is 3. The summed E-state index contributed by atoms with van der Waals surface area (Å²) in [6.07, 6.45) is 0.690. The number of hydrogen-bond acceptors (Lipinski definition) is 8. The van der Waals surface area contributed by atoms with Gasteiger partial charge in [0.05, 0.1) is 10.2 Å². The molecule has 1 unspecified atom stereocenters. The van der Waals surface area contributed by atoms with Crippen LogP contribution in [0.5, 0.6) is 0 Å². The van der Waals surface area contributed by atoms with Gasteiger partial charge in [-0.05, 0) is 69.7 Å². The third-order valence-corrected chi connectivity index (χ3v) is 4.26. The van der Waals surface area contributed by atoms with Crippen molar-refractivity contribution in [3.63, 3.8) is 0 Å². The lowest BCUT2D eigenvalue weighted by Gasteiger charge is -2.07. The number of benzene rings is 1. The average molecular weight is 451 g/mol. The van der Waals surface area contributed by atoms with Gasteiger partial charge in [-0.25, -0.2) is 18.4 Å². The van der Waals surface area contributed by atoms with Crippen molar-refractivity contribution in [2.45, 2.75) is 18.8 Å². The van der Waals surface area contributed by atoms with E-state index in [2.05, 4.69) is 45.9 Å². The summed E-state index contributed by atoms with van der Waals surface area (Å²) in [5, 5.41) is 19.8. The van der Waals surface area contributed by atoms with Gasteiger partial charge in [0, 0.05) is 13.1 Å². The molecule has 0 bridgehead atoms. The zero-order valence-electron chi connectivity index (χ0n) is 13.7. The molecule has 0 saturated heterocycles. The van der Waals surface area contributed by atoms with Crippen LogP contribution in [0.4, 0.5) is 20.3 Å². The van der Waals surface area contributed by atoms with Crippen molar-refractivity contribution in [2.24, 2.45) is 4.99 Å². The fourth-order valence-electron chi connectivity index (χ4n) is 1.82. The van der Waals surface area contributed by atoms with E-state index in [9.17, 15) is 14.0 Å². The van der Waals surface area contributed by atoms with Crippen molar-refractivity contribution in [3.05, 3.63) is 34.2 Å². The molecule has 12 heteroatoms. The summed E-state index contributed by atoms with van der Waals surface area (Å²) in [6.45, 7) is 2.55. The molecule has 0 spiro atoms. The van der Waals surface area contributed by atoms with Crippen molar-refractivity contribution >= 4 is 45.2 Å². The summed E-state index contributed by atoms with van der Waals surface area (Å²) in [7, 11) is 0. The number of hydroxylamine groups is 1. The van der Waals surface area contributed by atoms with Crippen molar-refractivity contribution in [2.75, 3.05) is 18.4 Å². The molecule has 0 aliphatic carbocycles. The zero-order valence-corrected chi connectivity index (χ0v) is 16.1. The first-order valence-electron chi connectivity index (χ1n) is 7.54. The Hall–Kier alpha value is -1.76. The van der Waals surface area contributed by atoms with Gasteiger partial charge in [0.2, 0.25) is 5.82 Å². The van der Waals surface area contributed by atoms with Crippen molar-refractivity contribution in [1.29, 1.82) is 0 Å². The first-order valence-corrected chi connectivity index (χ1v) is 9.21. The third kappa shape index (κ3) is 6.20. The Morgan fingerprint density at radius 1 is 1.42 bits per heavy atom. The first-order chi connectivity index (χ1) is 12.5. The van der Waals surface area contributed by atoms with Gasteiger partial charge in [-0.15, -0.1) is 0 Å². The Bertz CT molecular complexity index is 746. The molecule has 142 valence electrons. The van der Waals surface area contributed by atoms with Crippen LogP contribution in [0.1, 0.15) is 19.0 Å². The zero-order chi connectivity index (χ0) is 18.9. The molecule has 0 aliphatic rings. The van der Waals surface area contributed by atoms with E-state index in [-0.39, 0.29) is 21.8 Å². The van der Waals surface area contributed by atoms with Gasteiger partial charge in [0.1, 0.15) is 5.82 Å². The fraction of sp³-hybridized carbons (Fsp3) is 0.357. The molecule has 0 amide bonds. The van der Waals surface area contributed by atoms with Crippen molar-refractivity contribution in [3.8, 4) is 0 Å². The summed E-state index contributed by atoms with van der Waals surface area (Å²) < 4.78 is 33.7. The molecule has 2 aromatic rings. The maximum absolute atomic E-state index is 13.3. The number of alkyl halides is 1. The van der Waals surface area contributed by atoms with Gasteiger partial charge in [0.15, 0.2) is 17.0 Å². The third-order valence-electron chi connectivity index (χ3n) is 2.96. The van der Waals surface area contributed by atoms with Gasteiger partial charge < -0.3 is 5.32 Å². The minimum Gasteiger partial charge on any atom is -0.365 e. The number of rotatable bonds is 9. The second kappa shape index (κ2) is 10.4. The lowest BCUT2D eigenvalue weighted by Crippen LogP contribution is -2.22. The predicted molar refractivity (Wildman–Crippen MR) is 98.8 cm³/mol. The Morgan fingerprint density at radius 3 is 2.92 bits per heavy atom. The number of anilines is 1. The van der Waals surface area contributed by atoms with E-state index in [0.29, 0.717) is 25.2 Å². The van der Waals surface area contributed by atoms with E-state index in [1.54, 1.807) is 0 Å². The largest absolute Gasteiger partial charge is 0.365 e. The van der Waals surface area contributed by atoms with Gasteiger partial charge in [-0.3, -0.25) is 15.4 Å². The maximum Gasteiger partial charge on any atom is 0.202 e. The van der Waals surface area contributed by atoms with Crippen LogP contribution in [0.15, 0.2) is 32.3 Å². The smallest absolute Gasteiger partial charge is 0.202 e. The lowest BCUT2D eigenvalue weighted by molar-refractivity contribution is 0.234. The van der Waals surface area contributed by atoms with E-state index >= 15 is 0 Å². The van der Waals surface area contributed by atoms with Crippen LogP contribution >= 0.6 is 27.9 Å². The van der Waals surface area contributed by atoms with Crippen LogP contribution in [0.3, 0.4) is 0 Å². The number of hydrogen-bond donors (Lipinski definition) is 4. The summed E-state index contributed by atoms with van der Waals surface area (Å²) in [5.41, 5.74) is 1.49. The van der Waals surface area contributed by atoms with Crippen molar-refractivity contribution in [1.82, 2.24) is 20.5 Å². The molecule has 1 atom stereocenters. The second-order valence-corrected chi connectivity index (χ2v) is 7.00. The minimum absolute atomic E-state index is 0.0211. The summed E-state index contributed by atoms with van der Waals surface area (Å²) in [5.74, 6) is -0.174. The number of amidine groups is 1. The standard InChI is InChI=1S/C14H17BrF2N6O2S/c1-8(16)26-19-6-2-5-18-13-12(22-25-23-13)14(21-24)20-9-3-4-11(17)10(15)7-9/h3-4,7-8,19,24H,2,5-6H2,1H3,(H,18,23)(H,20,21). The van der Waals surface area contributed by atoms with Gasteiger partial charge in [-0.1, -0.05) is 0 Å². The SMILES string of the molecule is CC(F)SNCCCNc1nonc1C(=Nc1ccc(F)c(Br)c1)NO. The maximum atomic E-state index is 13.3. The molecule has 2 rings (SSSR count). The molecule has 1 aromatic heterocycles. The minimum atomic E-state index is -0.977. The Labute approximate surface area is 161 Å². The molecular weight excluding hydrogens is 434 g/mol. The van der Waals surface area contributed by atoms with Crippen LogP contribution in [-0.4, -0.2) is 39.9 Å². The van der Waals surface area contributed by atoms with Gasteiger partial charge in [0.25, 0.3) is 0 Å². The van der Waals surface area contributed by atoms with E-state index in [1.807, 2.05) is 5.48 Å². The highest BCUT2D eigenvalue weighted by Crippen LogP contribution is 2.23. The van der Waals surface area contributed by atoms with E-state index < -0.39 is 11.3 Å². The van der Waals surface area contributed by atoms with E-state index in [0.717, 1.165) is 11.9 Å². The number of aliphatic imine (C=N–C) groups is 1. The molecule has 1 aromatic carbocycles. The van der Waals surface area contributed by atoms with Crippen LogP contribution < -0.4 is 15.5 Å². The van der Waals surface area contributed by atoms with Crippen LogP contribution in [0.25, 0.3) is 0 Å². The monoisotopic (exact) mass is 450 g/mol. The number of aromatic nitrogens is 2. The molecule has 26 heavy (non-hydrogen) atoms. The molecule has 0 radical (unpaired) electrons. The highest BCUT2D eigenvalue weighted by atomic mass is 79.9. The van der Waals surface area contributed by atoms with Crippen molar-refractivity contribution < 1.29 is 18.6 Å². The topological polar surface area (TPSA) is 108 Å². The van der Waals surface area contributed by atoms with Crippen LogP contribution in [0.2, 0.25) is 0 Å². The second-order valence-electron chi connectivity index (χ2n) is 4.97. The molecule has 1 heterocycles. The summed E-state index contributed by atoms with van der Waals surface area (Å²) in [6, 6.07) is 4.12. The average Bonchev–Trinajstić information content (AvgIpc) is 3.07. The molecule has 4 N–H and O–H groups in total. The lowest BCUT2D eigenvalue weighted by atomic mass is 10.3. The Balaban J connectivity index is 2.00. The Morgan fingerprint density at radius 2 is 2.23 bits per heavy atom. The van der Waals surface area contributed by atoms with Crippen LogP contribution in [-0.2, 0) is 0 Å². The molecule has 0 fully saturated rings. The fourth-order valence-corrected chi connectivity index (χ4v) is 2.67. The highest BCUT2D eigenvalue weighted by Gasteiger charge is 2.16. The number of nitrogens with zero attached hydrogens (tertiary/aromatic N) is 3. The Kier molecular flexibility index (Phi) is 8.22. The number of halogens is 3. The van der Waals surface area contributed by atoms with E-state index in [1.165, 1.54) is 25.1 Å². The van der Waals surface area contributed by atoms with Gasteiger partial charge in [-0.2, -0.15) is 0 Å². The molecule has 0 saturated carbocycles. The van der Waals surface area contributed by atoms with Crippen LogP contribution in [0, 0.1) is 5.82 Å². The molecule has 0 aliphatic heterocycles. The predicted octanol–water partition coefficient (Wildman–Crippen LogP) is 3.38. The normalized spacial score (nSPS) is 12.9. The van der Waals surface area contributed by atoms with Gasteiger partial charge >= 0.3 is 0 Å². The summed E-state index contributed by atoms with van der Waals surface area (Å²) >= 11 is 4.08.